The number of carbonyl (C=O) groups excluding carboxylic acids is 1. The van der Waals surface area contributed by atoms with Crippen LogP contribution in [-0.4, -0.2) is 77.2 Å². The van der Waals surface area contributed by atoms with E-state index < -0.39 is 0 Å². The van der Waals surface area contributed by atoms with Crippen molar-refractivity contribution in [3.63, 3.8) is 0 Å². The fourth-order valence-corrected chi connectivity index (χ4v) is 3.19. The van der Waals surface area contributed by atoms with Gasteiger partial charge in [-0.3, -0.25) is 4.79 Å². The first-order valence-corrected chi connectivity index (χ1v) is 9.01. The molecule has 2 heterocycles. The maximum atomic E-state index is 12.8. The first kappa shape index (κ1) is 18.4. The lowest BCUT2D eigenvalue weighted by atomic mass is 10.1. The molecule has 1 amide bonds. The number of anilines is 1. The van der Waals surface area contributed by atoms with Crippen LogP contribution in [0.25, 0.3) is 0 Å². The predicted molar refractivity (Wildman–Crippen MR) is 101 cm³/mol. The quantitative estimate of drug-likeness (QED) is 0.810. The second-order valence-corrected chi connectivity index (χ2v) is 6.78. The first-order valence-electron chi connectivity index (χ1n) is 9.01. The standard InChI is InChI=1S/C19H27N5O2/c1-15-20-13-17(21-15)14-24(11-12-25)19(26)16-3-5-18(6-4-16)23-9-7-22(2)8-10-23/h3-6,13,25H,7-12,14H2,1-2H3,(H,20,21). The third-order valence-corrected chi connectivity index (χ3v) is 4.76. The maximum absolute atomic E-state index is 12.8. The van der Waals surface area contributed by atoms with Crippen LogP contribution in [0.5, 0.6) is 0 Å². The van der Waals surface area contributed by atoms with Crippen molar-refractivity contribution >= 4 is 11.6 Å². The van der Waals surface area contributed by atoms with Crippen molar-refractivity contribution in [1.82, 2.24) is 19.8 Å². The molecule has 1 aromatic heterocycles. The number of H-pyrrole nitrogens is 1. The van der Waals surface area contributed by atoms with Crippen LogP contribution >= 0.6 is 0 Å². The summed E-state index contributed by atoms with van der Waals surface area (Å²) >= 11 is 0. The van der Waals surface area contributed by atoms with E-state index >= 15 is 0 Å². The minimum atomic E-state index is -0.0868. The van der Waals surface area contributed by atoms with Gasteiger partial charge in [0.05, 0.1) is 25.0 Å². The summed E-state index contributed by atoms with van der Waals surface area (Å²) < 4.78 is 0. The molecule has 0 spiro atoms. The second kappa shape index (κ2) is 8.33. The van der Waals surface area contributed by atoms with Crippen molar-refractivity contribution in [2.45, 2.75) is 13.5 Å². The number of rotatable bonds is 6. The molecule has 0 atom stereocenters. The highest BCUT2D eigenvalue weighted by Gasteiger charge is 2.18. The molecule has 0 aliphatic carbocycles. The third kappa shape index (κ3) is 4.42. The number of aliphatic hydroxyl groups excluding tert-OH is 1. The van der Waals surface area contributed by atoms with Gasteiger partial charge in [0, 0.05) is 44.0 Å². The Morgan fingerprint density at radius 2 is 1.92 bits per heavy atom. The fraction of sp³-hybridized carbons (Fsp3) is 0.474. The van der Waals surface area contributed by atoms with Crippen LogP contribution in [0.2, 0.25) is 0 Å². The van der Waals surface area contributed by atoms with Crippen LogP contribution in [0, 0.1) is 6.92 Å². The maximum Gasteiger partial charge on any atom is 0.254 e. The molecule has 1 fully saturated rings. The number of imidazole rings is 1. The summed E-state index contributed by atoms with van der Waals surface area (Å²) in [6.07, 6.45) is 1.73. The summed E-state index contributed by atoms with van der Waals surface area (Å²) in [5.74, 6) is 0.726. The molecule has 3 rings (SSSR count). The SMILES string of the molecule is Cc1ncc(CN(CCO)C(=O)c2ccc(N3CCN(C)CC3)cc2)[nH]1. The lowest BCUT2D eigenvalue weighted by Crippen LogP contribution is -2.44. The van der Waals surface area contributed by atoms with E-state index in [1.54, 1.807) is 11.1 Å². The fourth-order valence-electron chi connectivity index (χ4n) is 3.19. The Bertz CT molecular complexity index is 720. The minimum absolute atomic E-state index is 0.0712. The molecular formula is C19H27N5O2. The summed E-state index contributed by atoms with van der Waals surface area (Å²) in [5.41, 5.74) is 2.64. The Morgan fingerprint density at radius 3 is 2.50 bits per heavy atom. The molecule has 0 radical (unpaired) electrons. The van der Waals surface area contributed by atoms with Gasteiger partial charge in [-0.1, -0.05) is 0 Å². The molecule has 1 saturated heterocycles. The monoisotopic (exact) mass is 357 g/mol. The van der Waals surface area contributed by atoms with Crippen LogP contribution in [-0.2, 0) is 6.54 Å². The Morgan fingerprint density at radius 1 is 1.23 bits per heavy atom. The molecule has 7 nitrogen and oxygen atoms in total. The number of aryl methyl sites for hydroxylation is 1. The Balaban J connectivity index is 1.68. The number of amides is 1. The summed E-state index contributed by atoms with van der Waals surface area (Å²) in [5, 5.41) is 9.32. The molecule has 1 aliphatic heterocycles. The van der Waals surface area contributed by atoms with Gasteiger partial charge in [0.25, 0.3) is 5.91 Å². The number of nitrogens with zero attached hydrogens (tertiary/aromatic N) is 4. The van der Waals surface area contributed by atoms with Gasteiger partial charge in [-0.2, -0.15) is 0 Å². The van der Waals surface area contributed by atoms with Gasteiger partial charge in [0.15, 0.2) is 0 Å². The van der Waals surface area contributed by atoms with Gasteiger partial charge in [0.2, 0.25) is 0 Å². The highest BCUT2D eigenvalue weighted by Crippen LogP contribution is 2.18. The van der Waals surface area contributed by atoms with Crippen LogP contribution in [0.1, 0.15) is 21.9 Å². The third-order valence-electron chi connectivity index (χ3n) is 4.76. The smallest absolute Gasteiger partial charge is 0.254 e. The first-order chi connectivity index (χ1) is 12.6. The van der Waals surface area contributed by atoms with Gasteiger partial charge in [0.1, 0.15) is 5.82 Å². The Labute approximate surface area is 154 Å². The van der Waals surface area contributed by atoms with E-state index in [0.717, 1.165) is 43.4 Å². The van der Waals surface area contributed by atoms with E-state index in [0.29, 0.717) is 12.1 Å². The summed E-state index contributed by atoms with van der Waals surface area (Å²) in [4.78, 5) is 26.4. The molecule has 2 aromatic rings. The number of hydrogen-bond acceptors (Lipinski definition) is 5. The van der Waals surface area contributed by atoms with E-state index in [-0.39, 0.29) is 19.1 Å². The second-order valence-electron chi connectivity index (χ2n) is 6.78. The summed E-state index contributed by atoms with van der Waals surface area (Å²) in [6.45, 7) is 6.59. The number of aromatic nitrogens is 2. The van der Waals surface area contributed by atoms with Crippen LogP contribution in [0.15, 0.2) is 30.5 Å². The van der Waals surface area contributed by atoms with Crippen molar-refractivity contribution in [3.8, 4) is 0 Å². The number of aliphatic hydroxyl groups is 1. The van der Waals surface area contributed by atoms with Crippen LogP contribution in [0.3, 0.4) is 0 Å². The molecule has 0 bridgehead atoms. The van der Waals surface area contributed by atoms with E-state index in [9.17, 15) is 9.90 Å². The van der Waals surface area contributed by atoms with Crippen LogP contribution < -0.4 is 4.90 Å². The lowest BCUT2D eigenvalue weighted by molar-refractivity contribution is 0.0705. The highest BCUT2D eigenvalue weighted by molar-refractivity contribution is 5.94. The van der Waals surface area contributed by atoms with Crippen molar-refractivity contribution in [3.05, 3.63) is 47.5 Å². The molecule has 0 unspecified atom stereocenters. The highest BCUT2D eigenvalue weighted by atomic mass is 16.3. The normalized spacial score (nSPS) is 15.3. The van der Waals surface area contributed by atoms with Crippen molar-refractivity contribution in [2.75, 3.05) is 51.3 Å². The van der Waals surface area contributed by atoms with Crippen molar-refractivity contribution < 1.29 is 9.90 Å². The number of nitrogens with one attached hydrogen (secondary N) is 1. The number of carbonyl (C=O) groups is 1. The number of aromatic amines is 1. The Kier molecular flexibility index (Phi) is 5.90. The van der Waals surface area contributed by atoms with E-state index in [1.165, 1.54) is 0 Å². The van der Waals surface area contributed by atoms with Gasteiger partial charge in [-0.15, -0.1) is 0 Å². The lowest BCUT2D eigenvalue weighted by Gasteiger charge is -2.34. The number of likely N-dealkylation sites (N-methyl/N-ethyl adjacent to an activating group) is 1. The average Bonchev–Trinajstić information content (AvgIpc) is 3.06. The van der Waals surface area contributed by atoms with Crippen LogP contribution in [0.4, 0.5) is 5.69 Å². The number of piperazine rings is 1. The zero-order valence-corrected chi connectivity index (χ0v) is 15.5. The molecule has 1 aliphatic rings. The van der Waals surface area contributed by atoms with Gasteiger partial charge in [-0.05, 0) is 38.2 Å². The molecule has 2 N–H and O–H groups in total. The number of benzene rings is 1. The van der Waals surface area contributed by atoms with Crippen molar-refractivity contribution in [1.29, 1.82) is 0 Å². The van der Waals surface area contributed by atoms with Crippen molar-refractivity contribution in [2.24, 2.45) is 0 Å². The molecule has 26 heavy (non-hydrogen) atoms. The number of hydrogen-bond donors (Lipinski definition) is 2. The topological polar surface area (TPSA) is 75.7 Å². The molecule has 0 saturated carbocycles. The van der Waals surface area contributed by atoms with Gasteiger partial charge in [-0.25, -0.2) is 4.98 Å². The van der Waals surface area contributed by atoms with E-state index in [1.807, 2.05) is 31.2 Å². The molecule has 1 aromatic carbocycles. The average molecular weight is 357 g/mol. The van der Waals surface area contributed by atoms with E-state index in [4.69, 9.17) is 0 Å². The van der Waals surface area contributed by atoms with E-state index in [2.05, 4.69) is 26.8 Å². The zero-order valence-electron chi connectivity index (χ0n) is 15.5. The molecule has 140 valence electrons. The van der Waals surface area contributed by atoms with Gasteiger partial charge >= 0.3 is 0 Å². The summed E-state index contributed by atoms with van der Waals surface area (Å²) in [7, 11) is 2.13. The summed E-state index contributed by atoms with van der Waals surface area (Å²) in [6, 6.07) is 7.77. The predicted octanol–water partition coefficient (Wildman–Crippen LogP) is 1.10. The molecular weight excluding hydrogens is 330 g/mol. The van der Waals surface area contributed by atoms with Gasteiger partial charge < -0.3 is 24.8 Å². The minimum Gasteiger partial charge on any atom is -0.395 e. The zero-order chi connectivity index (χ0) is 18.5. The molecule has 7 heteroatoms. The Hall–Kier alpha value is -2.38. The largest absolute Gasteiger partial charge is 0.395 e.